The van der Waals surface area contributed by atoms with E-state index in [-0.39, 0.29) is 11.3 Å². The average molecular weight is 167 g/mol. The quantitative estimate of drug-likeness (QED) is 0.577. The molecule has 64 valence electrons. The summed E-state index contributed by atoms with van der Waals surface area (Å²) in [6.07, 6.45) is 0. The summed E-state index contributed by atoms with van der Waals surface area (Å²) in [5.41, 5.74) is 0.554. The van der Waals surface area contributed by atoms with Gasteiger partial charge in [-0.2, -0.15) is 0 Å². The lowest BCUT2D eigenvalue weighted by atomic mass is 10.1. The first-order valence-corrected chi connectivity index (χ1v) is 3.39. The maximum Gasteiger partial charge on any atom is 0.337 e. The molecule has 4 heteroatoms. The van der Waals surface area contributed by atoms with Crippen LogP contribution >= 0.6 is 0 Å². The first-order chi connectivity index (χ1) is 5.65. The fourth-order valence-electron chi connectivity index (χ4n) is 0.927. The van der Waals surface area contributed by atoms with Crippen molar-refractivity contribution in [2.45, 2.75) is 0 Å². The van der Waals surface area contributed by atoms with Crippen molar-refractivity contribution in [3.8, 4) is 5.75 Å². The van der Waals surface area contributed by atoms with Gasteiger partial charge in [0.2, 0.25) is 0 Å². The molecule has 0 saturated carbocycles. The summed E-state index contributed by atoms with van der Waals surface area (Å²) in [7, 11) is 1.62. The average Bonchev–Trinajstić information content (AvgIpc) is 2.04. The minimum Gasteiger partial charge on any atom is -0.508 e. The second-order valence-corrected chi connectivity index (χ2v) is 2.29. The van der Waals surface area contributed by atoms with Crippen LogP contribution in [0, 0.1) is 0 Å². The van der Waals surface area contributed by atoms with Crippen LogP contribution in [0.3, 0.4) is 0 Å². The third-order valence-corrected chi connectivity index (χ3v) is 1.50. The van der Waals surface area contributed by atoms with Gasteiger partial charge in [0.1, 0.15) is 5.75 Å². The number of anilines is 1. The molecule has 0 fully saturated rings. The Morgan fingerprint density at radius 2 is 2.17 bits per heavy atom. The fourth-order valence-corrected chi connectivity index (χ4v) is 0.927. The Balaban J connectivity index is 3.21. The summed E-state index contributed by atoms with van der Waals surface area (Å²) < 4.78 is 0. The van der Waals surface area contributed by atoms with Gasteiger partial charge in [-0.25, -0.2) is 4.79 Å². The number of carboxylic acid groups (broad SMARTS) is 1. The molecule has 0 saturated heterocycles. The summed E-state index contributed by atoms with van der Waals surface area (Å²) in [5.74, 6) is -1.11. The summed E-state index contributed by atoms with van der Waals surface area (Å²) >= 11 is 0. The van der Waals surface area contributed by atoms with Gasteiger partial charge in [-0.05, 0) is 18.2 Å². The van der Waals surface area contributed by atoms with Crippen molar-refractivity contribution >= 4 is 11.7 Å². The van der Waals surface area contributed by atoms with Gasteiger partial charge in [-0.3, -0.25) is 0 Å². The Hall–Kier alpha value is -1.71. The summed E-state index contributed by atoms with van der Waals surface area (Å²) in [6, 6.07) is 4.14. The molecule has 4 nitrogen and oxygen atoms in total. The molecule has 0 radical (unpaired) electrons. The number of hydrogen-bond donors (Lipinski definition) is 3. The Labute approximate surface area is 69.5 Å². The molecular formula is C8H9NO3. The van der Waals surface area contributed by atoms with E-state index in [0.29, 0.717) is 5.69 Å². The lowest BCUT2D eigenvalue weighted by Gasteiger charge is -2.04. The zero-order valence-electron chi connectivity index (χ0n) is 6.53. The number of nitrogens with one attached hydrogen (secondary N) is 1. The Morgan fingerprint density at radius 1 is 1.50 bits per heavy atom. The number of phenols is 1. The van der Waals surface area contributed by atoms with Crippen LogP contribution in [0.2, 0.25) is 0 Å². The second-order valence-electron chi connectivity index (χ2n) is 2.29. The number of carbonyl (C=O) groups is 1. The van der Waals surface area contributed by atoms with Crippen LogP contribution in [-0.2, 0) is 0 Å². The zero-order valence-corrected chi connectivity index (χ0v) is 6.53. The van der Waals surface area contributed by atoms with Crippen LogP contribution in [0.5, 0.6) is 5.75 Å². The predicted molar refractivity (Wildman–Crippen MR) is 44.6 cm³/mol. The third-order valence-electron chi connectivity index (χ3n) is 1.50. The van der Waals surface area contributed by atoms with E-state index in [4.69, 9.17) is 10.2 Å². The maximum atomic E-state index is 10.6. The summed E-state index contributed by atoms with van der Waals surface area (Å²) in [6.45, 7) is 0. The molecule has 1 aromatic rings. The fraction of sp³-hybridized carbons (Fsp3) is 0.125. The number of carboxylic acids is 1. The topological polar surface area (TPSA) is 69.6 Å². The highest BCUT2D eigenvalue weighted by Crippen LogP contribution is 2.20. The zero-order chi connectivity index (χ0) is 9.14. The van der Waals surface area contributed by atoms with Gasteiger partial charge in [-0.1, -0.05) is 0 Å². The summed E-state index contributed by atoms with van der Waals surface area (Å²) in [5, 5.41) is 20.4. The van der Waals surface area contributed by atoms with Gasteiger partial charge < -0.3 is 15.5 Å². The smallest absolute Gasteiger partial charge is 0.337 e. The highest BCUT2D eigenvalue weighted by Gasteiger charge is 2.08. The number of phenolic OH excluding ortho intramolecular Hbond substituents is 1. The van der Waals surface area contributed by atoms with Crippen LogP contribution in [0.15, 0.2) is 18.2 Å². The van der Waals surface area contributed by atoms with Crippen molar-refractivity contribution in [1.29, 1.82) is 0 Å². The van der Waals surface area contributed by atoms with Crippen LogP contribution < -0.4 is 5.32 Å². The highest BCUT2D eigenvalue weighted by molar-refractivity contribution is 5.94. The van der Waals surface area contributed by atoms with Gasteiger partial charge in [0.05, 0.1) is 5.56 Å². The molecule has 0 aliphatic rings. The van der Waals surface area contributed by atoms with E-state index in [1.165, 1.54) is 18.2 Å². The van der Waals surface area contributed by atoms with Gasteiger partial charge in [-0.15, -0.1) is 0 Å². The minimum absolute atomic E-state index is 0.0496. The SMILES string of the molecule is CNc1ccc(O)cc1C(=O)O. The molecule has 1 rings (SSSR count). The first-order valence-electron chi connectivity index (χ1n) is 3.39. The normalized spacial score (nSPS) is 9.42. The lowest BCUT2D eigenvalue weighted by molar-refractivity contribution is 0.0697. The number of aromatic carboxylic acids is 1. The van der Waals surface area contributed by atoms with Crippen molar-refractivity contribution in [2.24, 2.45) is 0 Å². The molecule has 0 aliphatic heterocycles. The monoisotopic (exact) mass is 167 g/mol. The molecule has 12 heavy (non-hydrogen) atoms. The van der Waals surface area contributed by atoms with E-state index in [1.54, 1.807) is 7.05 Å². The minimum atomic E-state index is -1.06. The van der Waals surface area contributed by atoms with E-state index >= 15 is 0 Å². The number of hydrogen-bond acceptors (Lipinski definition) is 3. The van der Waals surface area contributed by atoms with Crippen LogP contribution in [-0.4, -0.2) is 23.2 Å². The Bertz CT molecular complexity index is 309. The molecule has 3 N–H and O–H groups in total. The van der Waals surface area contributed by atoms with Crippen molar-refractivity contribution in [3.05, 3.63) is 23.8 Å². The first kappa shape index (κ1) is 8.39. The number of benzene rings is 1. The van der Waals surface area contributed by atoms with Gasteiger partial charge in [0.15, 0.2) is 0 Å². The Morgan fingerprint density at radius 3 is 2.67 bits per heavy atom. The van der Waals surface area contributed by atoms with Gasteiger partial charge in [0, 0.05) is 12.7 Å². The maximum absolute atomic E-state index is 10.6. The molecule has 0 bridgehead atoms. The van der Waals surface area contributed by atoms with Gasteiger partial charge >= 0.3 is 5.97 Å². The predicted octanol–water partition coefficient (Wildman–Crippen LogP) is 1.13. The molecule has 0 spiro atoms. The molecule has 0 aliphatic carbocycles. The van der Waals surface area contributed by atoms with E-state index in [0.717, 1.165) is 0 Å². The van der Waals surface area contributed by atoms with Crippen molar-refractivity contribution in [3.63, 3.8) is 0 Å². The number of rotatable bonds is 2. The van der Waals surface area contributed by atoms with Crippen LogP contribution in [0.25, 0.3) is 0 Å². The van der Waals surface area contributed by atoms with Crippen molar-refractivity contribution in [1.82, 2.24) is 0 Å². The van der Waals surface area contributed by atoms with Gasteiger partial charge in [0.25, 0.3) is 0 Å². The Kier molecular flexibility index (Phi) is 2.19. The van der Waals surface area contributed by atoms with Crippen molar-refractivity contribution < 1.29 is 15.0 Å². The van der Waals surface area contributed by atoms with E-state index < -0.39 is 5.97 Å². The molecule has 0 aromatic heterocycles. The molecule has 1 aromatic carbocycles. The molecule has 0 amide bonds. The van der Waals surface area contributed by atoms with Crippen molar-refractivity contribution in [2.75, 3.05) is 12.4 Å². The van der Waals surface area contributed by atoms with E-state index in [1.807, 2.05) is 0 Å². The standard InChI is InChI=1S/C8H9NO3/c1-9-7-3-2-5(10)4-6(7)8(11)12/h2-4,9-10H,1H3,(H,11,12). The molecule has 0 heterocycles. The van der Waals surface area contributed by atoms with Crippen LogP contribution in [0.1, 0.15) is 10.4 Å². The summed E-state index contributed by atoms with van der Waals surface area (Å²) in [4.78, 5) is 10.6. The van der Waals surface area contributed by atoms with E-state index in [9.17, 15) is 4.79 Å². The number of aromatic hydroxyl groups is 1. The van der Waals surface area contributed by atoms with E-state index in [2.05, 4.69) is 5.32 Å². The van der Waals surface area contributed by atoms with Crippen LogP contribution in [0.4, 0.5) is 5.69 Å². The molecular weight excluding hydrogens is 158 g/mol. The molecule has 0 unspecified atom stereocenters. The largest absolute Gasteiger partial charge is 0.508 e. The third kappa shape index (κ3) is 1.47. The lowest BCUT2D eigenvalue weighted by Crippen LogP contribution is -2.01. The highest BCUT2D eigenvalue weighted by atomic mass is 16.4. The molecule has 0 atom stereocenters. The second kappa shape index (κ2) is 3.13.